The van der Waals surface area contributed by atoms with Crippen LogP contribution in [0.4, 0.5) is 5.82 Å². The molecule has 0 N–H and O–H groups in total. The number of rotatable bonds is 5. The predicted octanol–water partition coefficient (Wildman–Crippen LogP) is 3.65. The van der Waals surface area contributed by atoms with Gasteiger partial charge < -0.3 is 9.64 Å². The first-order chi connectivity index (χ1) is 10.2. The van der Waals surface area contributed by atoms with Gasteiger partial charge in [-0.15, -0.1) is 0 Å². The van der Waals surface area contributed by atoms with Crippen molar-refractivity contribution in [3.8, 4) is 5.75 Å². The zero-order chi connectivity index (χ0) is 14.8. The van der Waals surface area contributed by atoms with Gasteiger partial charge in [0.2, 0.25) is 0 Å². The van der Waals surface area contributed by atoms with Crippen molar-refractivity contribution in [1.82, 2.24) is 9.97 Å². The van der Waals surface area contributed by atoms with Crippen LogP contribution in [0.3, 0.4) is 0 Å². The first-order valence-corrected chi connectivity index (χ1v) is 7.42. The molecule has 1 fully saturated rings. The van der Waals surface area contributed by atoms with E-state index in [0.29, 0.717) is 11.1 Å². The summed E-state index contributed by atoms with van der Waals surface area (Å²) in [6, 6.07) is 9.86. The maximum atomic E-state index is 6.11. The molecule has 21 heavy (non-hydrogen) atoms. The molecular weight excluding hydrogens is 286 g/mol. The molecule has 0 saturated heterocycles. The Hall–Kier alpha value is -1.81. The highest BCUT2D eigenvalue weighted by molar-refractivity contribution is 6.29. The summed E-state index contributed by atoms with van der Waals surface area (Å²) in [5.74, 6) is 3.10. The third-order valence-corrected chi connectivity index (χ3v) is 3.80. The molecule has 5 heteroatoms. The van der Waals surface area contributed by atoms with E-state index in [9.17, 15) is 0 Å². The third kappa shape index (κ3) is 3.45. The number of nitrogens with zero attached hydrogens (tertiary/aromatic N) is 3. The summed E-state index contributed by atoms with van der Waals surface area (Å²) >= 11 is 6.11. The number of hydrogen-bond acceptors (Lipinski definition) is 4. The van der Waals surface area contributed by atoms with Crippen LogP contribution in [0.2, 0.25) is 5.15 Å². The van der Waals surface area contributed by atoms with Crippen molar-refractivity contribution in [2.24, 2.45) is 0 Å². The lowest BCUT2D eigenvalue weighted by Gasteiger charge is -2.19. The number of anilines is 1. The van der Waals surface area contributed by atoms with E-state index in [4.69, 9.17) is 16.3 Å². The van der Waals surface area contributed by atoms with E-state index >= 15 is 0 Å². The van der Waals surface area contributed by atoms with E-state index in [0.717, 1.165) is 23.9 Å². The number of methoxy groups -OCH3 is 1. The highest BCUT2D eigenvalue weighted by Crippen LogP contribution is 2.39. The van der Waals surface area contributed by atoms with Crippen LogP contribution in [0.15, 0.2) is 30.3 Å². The molecule has 1 aliphatic rings. The molecule has 0 aliphatic heterocycles. The van der Waals surface area contributed by atoms with Crippen LogP contribution in [-0.2, 0) is 6.54 Å². The van der Waals surface area contributed by atoms with Crippen LogP contribution >= 0.6 is 11.6 Å². The number of halogens is 1. The first-order valence-electron chi connectivity index (χ1n) is 7.04. The molecule has 1 heterocycles. The van der Waals surface area contributed by atoms with Gasteiger partial charge in [0.15, 0.2) is 0 Å². The molecule has 1 aromatic carbocycles. The predicted molar refractivity (Wildman–Crippen MR) is 84.1 cm³/mol. The molecule has 110 valence electrons. The molecular formula is C16H18ClN3O. The number of ether oxygens (including phenoxy) is 1. The average molecular weight is 304 g/mol. The lowest BCUT2D eigenvalue weighted by atomic mass is 10.2. The number of aromatic nitrogens is 2. The molecule has 1 saturated carbocycles. The van der Waals surface area contributed by atoms with Gasteiger partial charge in [0, 0.05) is 25.6 Å². The minimum atomic E-state index is 0.497. The van der Waals surface area contributed by atoms with Gasteiger partial charge in [0.25, 0.3) is 0 Å². The second-order valence-electron chi connectivity index (χ2n) is 5.39. The highest BCUT2D eigenvalue weighted by atomic mass is 35.5. The van der Waals surface area contributed by atoms with E-state index < -0.39 is 0 Å². The molecule has 3 rings (SSSR count). The SMILES string of the molecule is COc1ccc(CN(C)c2cc(Cl)nc(C3CC3)n2)cc1. The Morgan fingerprint density at radius 1 is 1.24 bits per heavy atom. The Kier molecular flexibility index (Phi) is 3.97. The van der Waals surface area contributed by atoms with Crippen LogP contribution in [0.1, 0.15) is 30.1 Å². The summed E-state index contributed by atoms with van der Waals surface area (Å²) in [6.45, 7) is 0.765. The van der Waals surface area contributed by atoms with Crippen molar-refractivity contribution in [3.05, 3.63) is 46.9 Å². The van der Waals surface area contributed by atoms with Crippen molar-refractivity contribution in [2.75, 3.05) is 19.1 Å². The van der Waals surface area contributed by atoms with Crippen LogP contribution in [-0.4, -0.2) is 24.1 Å². The molecule has 0 radical (unpaired) electrons. The van der Waals surface area contributed by atoms with Crippen LogP contribution in [0.25, 0.3) is 0 Å². The van der Waals surface area contributed by atoms with Gasteiger partial charge in [-0.1, -0.05) is 23.7 Å². The van der Waals surface area contributed by atoms with Crippen LogP contribution in [0, 0.1) is 0 Å². The Labute approximate surface area is 129 Å². The molecule has 0 atom stereocenters. The van der Waals surface area contributed by atoms with Gasteiger partial charge in [-0.25, -0.2) is 9.97 Å². The Morgan fingerprint density at radius 3 is 2.57 bits per heavy atom. The minimum absolute atomic E-state index is 0.497. The van der Waals surface area contributed by atoms with E-state index in [2.05, 4.69) is 27.0 Å². The van der Waals surface area contributed by atoms with E-state index in [1.165, 1.54) is 18.4 Å². The summed E-state index contributed by atoms with van der Waals surface area (Å²) in [5.41, 5.74) is 1.20. The topological polar surface area (TPSA) is 38.2 Å². The van der Waals surface area contributed by atoms with Crippen molar-refractivity contribution >= 4 is 17.4 Å². The van der Waals surface area contributed by atoms with Crippen LogP contribution in [0.5, 0.6) is 5.75 Å². The van der Waals surface area contributed by atoms with Crippen molar-refractivity contribution in [1.29, 1.82) is 0 Å². The zero-order valence-electron chi connectivity index (χ0n) is 12.2. The van der Waals surface area contributed by atoms with Crippen molar-refractivity contribution in [2.45, 2.75) is 25.3 Å². The summed E-state index contributed by atoms with van der Waals surface area (Å²) in [5, 5.41) is 0.517. The largest absolute Gasteiger partial charge is 0.497 e. The first kappa shape index (κ1) is 14.1. The smallest absolute Gasteiger partial charge is 0.135 e. The minimum Gasteiger partial charge on any atom is -0.497 e. The quantitative estimate of drug-likeness (QED) is 0.790. The summed E-state index contributed by atoms with van der Waals surface area (Å²) in [4.78, 5) is 11.0. The monoisotopic (exact) mass is 303 g/mol. The standard InChI is InChI=1S/C16H18ClN3O/c1-20(10-11-3-7-13(21-2)8-4-11)15-9-14(17)18-16(19-15)12-5-6-12/h3-4,7-9,12H,5-6,10H2,1-2H3. The Bertz CT molecular complexity index is 626. The molecule has 0 spiro atoms. The normalized spacial score (nSPS) is 14.0. The van der Waals surface area contributed by atoms with Crippen LogP contribution < -0.4 is 9.64 Å². The molecule has 1 aromatic heterocycles. The fourth-order valence-electron chi connectivity index (χ4n) is 2.23. The molecule has 4 nitrogen and oxygen atoms in total. The maximum Gasteiger partial charge on any atom is 0.135 e. The van der Waals surface area contributed by atoms with Crippen molar-refractivity contribution < 1.29 is 4.74 Å². The molecule has 1 aliphatic carbocycles. The van der Waals surface area contributed by atoms with Gasteiger partial charge in [0.05, 0.1) is 7.11 Å². The van der Waals surface area contributed by atoms with Gasteiger partial charge >= 0.3 is 0 Å². The molecule has 0 bridgehead atoms. The highest BCUT2D eigenvalue weighted by Gasteiger charge is 2.27. The summed E-state index contributed by atoms with van der Waals surface area (Å²) in [7, 11) is 3.68. The lowest BCUT2D eigenvalue weighted by Crippen LogP contribution is -2.18. The van der Waals surface area contributed by atoms with E-state index in [1.54, 1.807) is 7.11 Å². The van der Waals surface area contributed by atoms with Gasteiger partial charge in [-0.3, -0.25) is 0 Å². The average Bonchev–Trinajstić information content (AvgIpc) is 3.32. The van der Waals surface area contributed by atoms with Gasteiger partial charge in [-0.2, -0.15) is 0 Å². The molecule has 2 aromatic rings. The second-order valence-corrected chi connectivity index (χ2v) is 5.77. The van der Waals surface area contributed by atoms with Gasteiger partial charge in [-0.05, 0) is 30.5 Å². The summed E-state index contributed by atoms with van der Waals surface area (Å²) < 4.78 is 5.17. The zero-order valence-corrected chi connectivity index (χ0v) is 13.0. The van der Waals surface area contributed by atoms with Crippen molar-refractivity contribution in [3.63, 3.8) is 0 Å². The fraction of sp³-hybridized carbons (Fsp3) is 0.375. The second kappa shape index (κ2) is 5.90. The fourth-order valence-corrected chi connectivity index (χ4v) is 2.41. The van der Waals surface area contributed by atoms with Gasteiger partial charge in [0.1, 0.15) is 22.5 Å². The molecule has 0 amide bonds. The van der Waals surface area contributed by atoms with E-state index in [-0.39, 0.29) is 0 Å². The Balaban J connectivity index is 1.76. The number of hydrogen-bond donors (Lipinski definition) is 0. The third-order valence-electron chi connectivity index (χ3n) is 3.61. The Morgan fingerprint density at radius 2 is 1.95 bits per heavy atom. The number of benzene rings is 1. The lowest BCUT2D eigenvalue weighted by molar-refractivity contribution is 0.414. The maximum absolute atomic E-state index is 6.11. The van der Waals surface area contributed by atoms with E-state index in [1.807, 2.05) is 25.2 Å². The summed E-state index contributed by atoms with van der Waals surface area (Å²) in [6.07, 6.45) is 2.34. The molecule has 0 unspecified atom stereocenters.